The highest BCUT2D eigenvalue weighted by Gasteiger charge is 2.14. The highest BCUT2D eigenvalue weighted by Crippen LogP contribution is 2.37. The summed E-state index contributed by atoms with van der Waals surface area (Å²) in [7, 11) is 0. The number of nitrogens with zero attached hydrogens (tertiary/aromatic N) is 3. The quantitative estimate of drug-likeness (QED) is 0.198. The molecule has 0 unspecified atom stereocenters. The van der Waals surface area contributed by atoms with Crippen molar-refractivity contribution < 1.29 is 9.47 Å². The summed E-state index contributed by atoms with van der Waals surface area (Å²) in [4.78, 5) is 17.5. The van der Waals surface area contributed by atoms with Crippen LogP contribution in [0.2, 0.25) is 10.0 Å². The van der Waals surface area contributed by atoms with Crippen molar-refractivity contribution >= 4 is 72.2 Å². The summed E-state index contributed by atoms with van der Waals surface area (Å²) in [6.45, 7) is 4.29. The maximum Gasteiger partial charge on any atom is 0.282 e. The van der Waals surface area contributed by atoms with Gasteiger partial charge in [0.1, 0.15) is 12.4 Å². The van der Waals surface area contributed by atoms with Gasteiger partial charge < -0.3 is 9.47 Å². The van der Waals surface area contributed by atoms with Gasteiger partial charge in [0.25, 0.3) is 5.56 Å². The number of benzene rings is 3. The second-order valence-corrected chi connectivity index (χ2v) is 10.1. The molecule has 0 N–H and O–H groups in total. The summed E-state index contributed by atoms with van der Waals surface area (Å²) < 4.78 is 14.6. The molecule has 4 aromatic rings. The molecule has 6 nitrogen and oxygen atoms in total. The second-order valence-electron chi connectivity index (χ2n) is 7.47. The normalized spacial score (nSPS) is 11.4. The van der Waals surface area contributed by atoms with Crippen LogP contribution in [0.25, 0.3) is 10.9 Å². The highest BCUT2D eigenvalue weighted by molar-refractivity contribution is 9.10. The molecule has 0 saturated carbocycles. The number of fused-ring (bicyclic) bond motifs is 1. The first-order valence-corrected chi connectivity index (χ1v) is 12.9. The molecule has 0 saturated heterocycles. The average molecular weight is 640 g/mol. The van der Waals surface area contributed by atoms with Gasteiger partial charge in [-0.25, -0.2) is 4.98 Å². The molecule has 0 amide bonds. The molecule has 0 fully saturated rings. The molecule has 0 aliphatic heterocycles. The first-order chi connectivity index (χ1) is 16.8. The van der Waals surface area contributed by atoms with E-state index in [1.807, 2.05) is 25.1 Å². The number of rotatable bonds is 7. The van der Waals surface area contributed by atoms with Crippen molar-refractivity contribution in [2.24, 2.45) is 5.10 Å². The van der Waals surface area contributed by atoms with Crippen LogP contribution in [-0.2, 0) is 6.61 Å². The minimum Gasteiger partial charge on any atom is -0.490 e. The molecule has 1 heterocycles. The minimum absolute atomic E-state index is 0.231. The predicted molar refractivity (Wildman–Crippen MR) is 148 cm³/mol. The van der Waals surface area contributed by atoms with Crippen molar-refractivity contribution in [1.29, 1.82) is 0 Å². The Kier molecular flexibility index (Phi) is 8.16. The van der Waals surface area contributed by atoms with E-state index in [4.69, 9.17) is 32.7 Å². The molecule has 0 aliphatic rings. The lowest BCUT2D eigenvalue weighted by atomic mass is 10.2. The summed E-state index contributed by atoms with van der Waals surface area (Å²) >= 11 is 19.2. The van der Waals surface area contributed by atoms with Crippen molar-refractivity contribution in [1.82, 2.24) is 9.66 Å². The molecular weight excluding hydrogens is 621 g/mol. The summed E-state index contributed by atoms with van der Waals surface area (Å²) in [5.74, 6) is 1.53. The molecule has 0 spiro atoms. The Morgan fingerprint density at radius 1 is 1.09 bits per heavy atom. The Morgan fingerprint density at radius 3 is 2.63 bits per heavy atom. The van der Waals surface area contributed by atoms with E-state index in [0.717, 1.165) is 10.0 Å². The summed E-state index contributed by atoms with van der Waals surface area (Å²) in [5.41, 5.74) is 1.86. The number of hydrogen-bond acceptors (Lipinski definition) is 5. The third-order valence-corrected chi connectivity index (χ3v) is 6.68. The summed E-state index contributed by atoms with van der Waals surface area (Å²) in [6, 6.07) is 14.2. The number of hydrogen-bond donors (Lipinski definition) is 0. The van der Waals surface area contributed by atoms with Crippen molar-refractivity contribution in [2.45, 2.75) is 20.5 Å². The lowest BCUT2D eigenvalue weighted by Crippen LogP contribution is -2.20. The summed E-state index contributed by atoms with van der Waals surface area (Å²) in [6.07, 6.45) is 1.58. The fourth-order valence-corrected chi connectivity index (χ4v) is 4.77. The smallest absolute Gasteiger partial charge is 0.282 e. The Labute approximate surface area is 228 Å². The fourth-order valence-electron chi connectivity index (χ4n) is 3.37. The van der Waals surface area contributed by atoms with Gasteiger partial charge in [-0.15, -0.1) is 0 Å². The topological polar surface area (TPSA) is 65.7 Å². The van der Waals surface area contributed by atoms with Crippen LogP contribution in [0.15, 0.2) is 67.4 Å². The van der Waals surface area contributed by atoms with E-state index >= 15 is 0 Å². The molecule has 0 atom stereocenters. The molecule has 4 rings (SSSR count). The van der Waals surface area contributed by atoms with E-state index in [-0.39, 0.29) is 12.2 Å². The Bertz CT molecular complexity index is 1510. The molecular formula is C25H19Br2Cl2N3O3. The molecule has 1 aromatic heterocycles. The number of ether oxygens (including phenoxy) is 2. The first-order valence-electron chi connectivity index (χ1n) is 10.5. The standard InChI is InChI=1S/C25H19Br2Cl2N3O3/c1-3-34-23-9-15(8-20(27)24(23)35-13-16-4-6-18(28)11-21(16)29)12-30-32-14(2)31-22-7-5-17(26)10-19(22)25(32)33/h4-12H,3,13H2,1-2H3. The van der Waals surface area contributed by atoms with Crippen molar-refractivity contribution in [3.63, 3.8) is 0 Å². The van der Waals surface area contributed by atoms with Gasteiger partial charge in [-0.3, -0.25) is 4.79 Å². The van der Waals surface area contributed by atoms with Crippen LogP contribution in [0.5, 0.6) is 11.5 Å². The average Bonchev–Trinajstić information content (AvgIpc) is 2.80. The molecule has 0 aliphatic carbocycles. The van der Waals surface area contributed by atoms with Crippen LogP contribution in [0, 0.1) is 6.92 Å². The molecule has 35 heavy (non-hydrogen) atoms. The maximum absolute atomic E-state index is 13.0. The molecule has 0 radical (unpaired) electrons. The first kappa shape index (κ1) is 25.7. The monoisotopic (exact) mass is 637 g/mol. The van der Waals surface area contributed by atoms with Crippen LogP contribution in [-0.4, -0.2) is 22.5 Å². The second kappa shape index (κ2) is 11.1. The third-order valence-electron chi connectivity index (χ3n) is 5.01. The third kappa shape index (κ3) is 5.89. The SMILES string of the molecule is CCOc1cc(C=Nn2c(C)nc3ccc(Br)cc3c2=O)cc(Br)c1OCc1ccc(Cl)cc1Cl. The summed E-state index contributed by atoms with van der Waals surface area (Å²) in [5, 5.41) is 5.95. The zero-order chi connectivity index (χ0) is 25.1. The van der Waals surface area contributed by atoms with Gasteiger partial charge in [-0.1, -0.05) is 45.2 Å². The van der Waals surface area contributed by atoms with Crippen molar-refractivity contribution in [3.8, 4) is 11.5 Å². The maximum atomic E-state index is 13.0. The van der Waals surface area contributed by atoms with E-state index in [1.54, 1.807) is 43.5 Å². The van der Waals surface area contributed by atoms with Crippen molar-refractivity contribution in [3.05, 3.63) is 94.8 Å². The van der Waals surface area contributed by atoms with Crippen LogP contribution >= 0.6 is 55.1 Å². The van der Waals surface area contributed by atoms with Crippen LogP contribution in [0.4, 0.5) is 0 Å². The van der Waals surface area contributed by atoms with E-state index < -0.39 is 0 Å². The fraction of sp³-hybridized carbons (Fsp3) is 0.160. The lowest BCUT2D eigenvalue weighted by Gasteiger charge is -2.15. The Balaban J connectivity index is 1.65. The minimum atomic E-state index is -0.256. The van der Waals surface area contributed by atoms with E-state index in [2.05, 4.69) is 41.9 Å². The van der Waals surface area contributed by atoms with Gasteiger partial charge in [0.15, 0.2) is 11.5 Å². The van der Waals surface area contributed by atoms with E-state index in [9.17, 15) is 4.79 Å². The molecule has 180 valence electrons. The molecule has 3 aromatic carbocycles. The van der Waals surface area contributed by atoms with Crippen LogP contribution in [0.1, 0.15) is 23.9 Å². The molecule has 10 heteroatoms. The van der Waals surface area contributed by atoms with Gasteiger partial charge in [0.2, 0.25) is 0 Å². The zero-order valence-corrected chi connectivity index (χ0v) is 23.4. The van der Waals surface area contributed by atoms with Gasteiger partial charge in [0.05, 0.1) is 28.2 Å². The highest BCUT2D eigenvalue weighted by atomic mass is 79.9. The van der Waals surface area contributed by atoms with E-state index in [0.29, 0.717) is 54.9 Å². The molecule has 0 bridgehead atoms. The van der Waals surface area contributed by atoms with Gasteiger partial charge in [0, 0.05) is 20.1 Å². The Morgan fingerprint density at radius 2 is 1.89 bits per heavy atom. The number of aryl methyl sites for hydroxylation is 1. The van der Waals surface area contributed by atoms with Crippen molar-refractivity contribution in [2.75, 3.05) is 6.61 Å². The number of halogens is 4. The zero-order valence-electron chi connectivity index (χ0n) is 18.7. The van der Waals surface area contributed by atoms with Gasteiger partial charge in [-0.2, -0.15) is 9.78 Å². The lowest BCUT2D eigenvalue weighted by molar-refractivity contribution is 0.267. The van der Waals surface area contributed by atoms with Gasteiger partial charge >= 0.3 is 0 Å². The van der Waals surface area contributed by atoms with Crippen LogP contribution in [0.3, 0.4) is 0 Å². The van der Waals surface area contributed by atoms with Crippen LogP contribution < -0.4 is 15.0 Å². The van der Waals surface area contributed by atoms with E-state index in [1.165, 1.54) is 4.68 Å². The number of aromatic nitrogens is 2. The predicted octanol–water partition coefficient (Wildman–Crippen LogP) is 7.40. The van der Waals surface area contributed by atoms with Gasteiger partial charge in [-0.05, 0) is 77.8 Å². The largest absolute Gasteiger partial charge is 0.490 e. The Hall–Kier alpha value is -2.39.